The lowest BCUT2D eigenvalue weighted by atomic mass is 9.96. The fourth-order valence-corrected chi connectivity index (χ4v) is 3.18. The second-order valence-corrected chi connectivity index (χ2v) is 6.31. The topological polar surface area (TPSA) is 60.5 Å². The number of cyclic esters (lactones) is 1. The van der Waals surface area contributed by atoms with E-state index in [1.165, 1.54) is 0 Å². The quantitative estimate of drug-likeness (QED) is 0.708. The molecule has 0 spiro atoms. The van der Waals surface area contributed by atoms with E-state index in [1.807, 2.05) is 60.7 Å². The summed E-state index contributed by atoms with van der Waals surface area (Å²) in [6.45, 7) is 0. The van der Waals surface area contributed by atoms with Crippen LogP contribution < -0.4 is 10.1 Å². The molecule has 5 nitrogen and oxygen atoms in total. The van der Waals surface area contributed by atoms with E-state index in [9.17, 15) is 4.79 Å². The Bertz CT molecular complexity index is 1050. The van der Waals surface area contributed by atoms with Gasteiger partial charge in [0, 0.05) is 29.1 Å². The number of aromatic nitrogens is 1. The summed E-state index contributed by atoms with van der Waals surface area (Å²) in [6.07, 6.45) is 2.44. The number of nitrogens with one attached hydrogen (secondary N) is 1. The molecule has 0 unspecified atom stereocenters. The Kier molecular flexibility index (Phi) is 4.94. The molecule has 3 aromatic rings. The predicted octanol–water partition coefficient (Wildman–Crippen LogP) is 4.01. The Balaban J connectivity index is 1.66. The molecule has 0 saturated carbocycles. The lowest BCUT2D eigenvalue weighted by Crippen LogP contribution is -2.20. The molecular weight excluding hydrogens is 352 g/mol. The number of hydrogen-bond acceptors (Lipinski definition) is 4. The van der Waals surface area contributed by atoms with Gasteiger partial charge in [-0.25, -0.2) is 4.79 Å². The maximum absolute atomic E-state index is 12.0. The molecule has 0 bridgehead atoms. The summed E-state index contributed by atoms with van der Waals surface area (Å²) in [5.41, 5.74) is 3.31. The molecule has 28 heavy (non-hydrogen) atoms. The van der Waals surface area contributed by atoms with Gasteiger partial charge in [-0.15, -0.1) is 0 Å². The molecule has 0 radical (unpaired) electrons. The number of nitrogens with zero attached hydrogens (tertiary/aromatic N) is 1. The van der Waals surface area contributed by atoms with Gasteiger partial charge >= 0.3 is 6.09 Å². The van der Waals surface area contributed by atoms with Crippen LogP contribution in [-0.2, 0) is 4.74 Å². The summed E-state index contributed by atoms with van der Waals surface area (Å²) >= 11 is 0. The summed E-state index contributed by atoms with van der Waals surface area (Å²) in [6, 6.07) is 18.8. The lowest BCUT2D eigenvalue weighted by Gasteiger charge is -2.19. The van der Waals surface area contributed by atoms with Crippen molar-refractivity contribution >= 4 is 6.09 Å². The standard InChI is InChI=1S/C23H18N2O3/c1-27-20-10-6-5-9-19(20)22-21(25-23(26)28-22)18-13-17(14-24-15-18)12-11-16-7-3-2-4-8-16/h2-10,13-15,21-22H,1H3,(H,25,26)/t21-,22-/m0/s1. The molecule has 0 aliphatic carbocycles. The van der Waals surface area contributed by atoms with Crippen molar-refractivity contribution < 1.29 is 14.3 Å². The molecule has 138 valence electrons. The molecule has 4 rings (SSSR count). The van der Waals surface area contributed by atoms with Crippen LogP contribution in [0.1, 0.15) is 34.4 Å². The van der Waals surface area contributed by atoms with E-state index in [1.54, 1.807) is 19.5 Å². The maximum Gasteiger partial charge on any atom is 0.408 e. The molecule has 1 amide bonds. The minimum atomic E-state index is -0.511. The van der Waals surface area contributed by atoms with Gasteiger partial charge in [0.1, 0.15) is 11.8 Å². The summed E-state index contributed by atoms with van der Waals surface area (Å²) in [4.78, 5) is 16.3. The van der Waals surface area contributed by atoms with Crippen LogP contribution in [0.15, 0.2) is 73.1 Å². The maximum atomic E-state index is 12.0. The van der Waals surface area contributed by atoms with Gasteiger partial charge in [-0.05, 0) is 29.8 Å². The number of methoxy groups -OCH3 is 1. The molecule has 1 fully saturated rings. The van der Waals surface area contributed by atoms with E-state index in [-0.39, 0.29) is 6.04 Å². The van der Waals surface area contributed by atoms with Crippen LogP contribution in [0.4, 0.5) is 4.79 Å². The van der Waals surface area contributed by atoms with Crippen LogP contribution in [0.5, 0.6) is 5.75 Å². The molecule has 1 N–H and O–H groups in total. The fraction of sp³-hybridized carbons (Fsp3) is 0.130. The minimum absolute atomic E-state index is 0.380. The Morgan fingerprint density at radius 2 is 1.75 bits per heavy atom. The van der Waals surface area contributed by atoms with Crippen LogP contribution in [-0.4, -0.2) is 18.2 Å². The van der Waals surface area contributed by atoms with Crippen molar-refractivity contribution in [2.45, 2.75) is 12.1 Å². The number of ether oxygens (including phenoxy) is 2. The third-order valence-corrected chi connectivity index (χ3v) is 4.50. The monoisotopic (exact) mass is 370 g/mol. The minimum Gasteiger partial charge on any atom is -0.496 e. The van der Waals surface area contributed by atoms with Gasteiger partial charge in [0.2, 0.25) is 0 Å². The highest BCUT2D eigenvalue weighted by Gasteiger charge is 2.38. The zero-order chi connectivity index (χ0) is 19.3. The first-order chi connectivity index (χ1) is 13.7. The van der Waals surface area contributed by atoms with Gasteiger partial charge in [0.25, 0.3) is 0 Å². The number of benzene rings is 2. The number of carbonyl (C=O) groups excluding carboxylic acids is 1. The molecule has 2 atom stereocenters. The highest BCUT2D eigenvalue weighted by molar-refractivity contribution is 5.71. The first-order valence-electron chi connectivity index (χ1n) is 8.86. The van der Waals surface area contributed by atoms with Gasteiger partial charge in [0.15, 0.2) is 6.10 Å². The number of para-hydroxylation sites is 1. The summed E-state index contributed by atoms with van der Waals surface area (Å²) < 4.78 is 11.0. The number of amides is 1. The normalized spacial score (nSPS) is 17.8. The van der Waals surface area contributed by atoms with Crippen molar-refractivity contribution in [3.63, 3.8) is 0 Å². The Morgan fingerprint density at radius 3 is 2.57 bits per heavy atom. The van der Waals surface area contributed by atoms with Crippen molar-refractivity contribution in [2.75, 3.05) is 7.11 Å². The van der Waals surface area contributed by atoms with Crippen molar-refractivity contribution in [1.82, 2.24) is 10.3 Å². The number of hydrogen-bond donors (Lipinski definition) is 1. The predicted molar refractivity (Wildman–Crippen MR) is 105 cm³/mol. The van der Waals surface area contributed by atoms with Crippen LogP contribution in [0.3, 0.4) is 0 Å². The molecule has 5 heteroatoms. The van der Waals surface area contributed by atoms with Crippen LogP contribution in [0.25, 0.3) is 0 Å². The van der Waals surface area contributed by atoms with Gasteiger partial charge in [0.05, 0.1) is 7.11 Å². The first kappa shape index (κ1) is 17.6. The van der Waals surface area contributed by atoms with Gasteiger partial charge in [-0.3, -0.25) is 4.98 Å². The van der Waals surface area contributed by atoms with Crippen LogP contribution in [0, 0.1) is 11.8 Å². The van der Waals surface area contributed by atoms with Gasteiger partial charge < -0.3 is 14.8 Å². The largest absolute Gasteiger partial charge is 0.496 e. The average molecular weight is 370 g/mol. The number of carbonyl (C=O) groups is 1. The highest BCUT2D eigenvalue weighted by atomic mass is 16.6. The van der Waals surface area contributed by atoms with E-state index < -0.39 is 12.2 Å². The zero-order valence-corrected chi connectivity index (χ0v) is 15.3. The van der Waals surface area contributed by atoms with Crippen molar-refractivity contribution in [3.05, 3.63) is 95.3 Å². The Hall–Kier alpha value is -3.78. The average Bonchev–Trinajstić information content (AvgIpc) is 3.15. The number of rotatable bonds is 3. The van der Waals surface area contributed by atoms with Crippen molar-refractivity contribution in [2.24, 2.45) is 0 Å². The zero-order valence-electron chi connectivity index (χ0n) is 15.3. The summed E-state index contributed by atoms with van der Waals surface area (Å²) in [7, 11) is 1.60. The van der Waals surface area contributed by atoms with Crippen LogP contribution >= 0.6 is 0 Å². The molecule has 1 aliphatic heterocycles. The molecule has 2 aromatic carbocycles. The van der Waals surface area contributed by atoms with Crippen LogP contribution in [0.2, 0.25) is 0 Å². The third-order valence-electron chi connectivity index (χ3n) is 4.50. The smallest absolute Gasteiger partial charge is 0.408 e. The van der Waals surface area contributed by atoms with E-state index in [0.29, 0.717) is 5.75 Å². The molecular formula is C23H18N2O3. The van der Waals surface area contributed by atoms with E-state index in [4.69, 9.17) is 9.47 Å². The van der Waals surface area contributed by atoms with E-state index in [2.05, 4.69) is 22.1 Å². The van der Waals surface area contributed by atoms with Crippen molar-refractivity contribution in [1.29, 1.82) is 0 Å². The number of pyridine rings is 1. The summed E-state index contributed by atoms with van der Waals surface area (Å²) in [5, 5.41) is 2.87. The van der Waals surface area contributed by atoms with Crippen molar-refractivity contribution in [3.8, 4) is 17.6 Å². The first-order valence-corrected chi connectivity index (χ1v) is 8.86. The van der Waals surface area contributed by atoms with E-state index in [0.717, 1.165) is 22.3 Å². The second-order valence-electron chi connectivity index (χ2n) is 6.31. The number of alkyl carbamates (subject to hydrolysis) is 1. The molecule has 1 aliphatic rings. The lowest BCUT2D eigenvalue weighted by molar-refractivity contribution is 0.130. The summed E-state index contributed by atoms with van der Waals surface area (Å²) in [5.74, 6) is 6.91. The van der Waals surface area contributed by atoms with Gasteiger partial charge in [-0.1, -0.05) is 48.2 Å². The molecule has 1 saturated heterocycles. The highest BCUT2D eigenvalue weighted by Crippen LogP contribution is 2.40. The Labute approximate surface area is 163 Å². The molecule has 2 heterocycles. The third kappa shape index (κ3) is 3.67. The second kappa shape index (κ2) is 7.85. The molecule has 1 aromatic heterocycles. The fourth-order valence-electron chi connectivity index (χ4n) is 3.18. The SMILES string of the molecule is COc1ccccc1[C@@H]1OC(=O)N[C@H]1c1cncc(C#Cc2ccccc2)c1. The van der Waals surface area contributed by atoms with Gasteiger partial charge in [-0.2, -0.15) is 0 Å². The van der Waals surface area contributed by atoms with E-state index >= 15 is 0 Å². The Morgan fingerprint density at radius 1 is 1.00 bits per heavy atom.